The van der Waals surface area contributed by atoms with E-state index in [2.05, 4.69) is 0 Å². The second-order valence-electron chi connectivity index (χ2n) is 6.14. The van der Waals surface area contributed by atoms with Gasteiger partial charge in [-0.05, 0) is 38.2 Å². The predicted octanol–water partition coefficient (Wildman–Crippen LogP) is 3.38. The van der Waals surface area contributed by atoms with Gasteiger partial charge in [0.2, 0.25) is 0 Å². The number of hydrogen-bond acceptors (Lipinski definition) is 4. The van der Waals surface area contributed by atoms with E-state index < -0.39 is 0 Å². The summed E-state index contributed by atoms with van der Waals surface area (Å²) < 4.78 is 11.5. The van der Waals surface area contributed by atoms with Crippen LogP contribution in [0.1, 0.15) is 36.8 Å². The molecule has 1 aliphatic heterocycles. The normalized spacial score (nSPS) is 21.8. The van der Waals surface area contributed by atoms with Gasteiger partial charge in [0.1, 0.15) is 0 Å². The Morgan fingerprint density at radius 2 is 1.95 bits per heavy atom. The summed E-state index contributed by atoms with van der Waals surface area (Å²) in [6.45, 7) is 3.35. The van der Waals surface area contributed by atoms with Crippen molar-refractivity contribution in [3.8, 4) is 0 Å². The maximum Gasteiger partial charge on any atom is 0.272 e. The molecule has 0 unspecified atom stereocenters. The number of benzene rings is 1. The monoisotopic (exact) mass is 291 g/mol. The number of rotatable bonds is 3. The van der Waals surface area contributed by atoms with Crippen LogP contribution in [0.25, 0.3) is 0 Å². The lowest BCUT2D eigenvalue weighted by Gasteiger charge is -2.35. The van der Waals surface area contributed by atoms with Crippen LogP contribution in [0.2, 0.25) is 0 Å². The van der Waals surface area contributed by atoms with Crippen molar-refractivity contribution in [2.24, 2.45) is 5.92 Å². The highest BCUT2D eigenvalue weighted by Gasteiger charge is 2.40. The molecule has 1 aromatic rings. The Morgan fingerprint density at radius 1 is 1.29 bits per heavy atom. The molecule has 21 heavy (non-hydrogen) atoms. The molecule has 0 bridgehead atoms. The molecule has 1 heterocycles. The van der Waals surface area contributed by atoms with Crippen molar-refractivity contribution in [1.82, 2.24) is 0 Å². The lowest BCUT2D eigenvalue weighted by molar-refractivity contribution is -0.385. The molecule has 1 spiro atoms. The molecule has 5 nitrogen and oxygen atoms in total. The van der Waals surface area contributed by atoms with Gasteiger partial charge in [0.05, 0.1) is 18.1 Å². The lowest BCUT2D eigenvalue weighted by Crippen LogP contribution is -2.35. The number of hydrogen-bond donors (Lipinski definition) is 0. The highest BCUT2D eigenvalue weighted by atomic mass is 16.7. The predicted molar refractivity (Wildman–Crippen MR) is 78.1 cm³/mol. The van der Waals surface area contributed by atoms with Crippen molar-refractivity contribution in [2.45, 2.75) is 44.8 Å². The van der Waals surface area contributed by atoms with Gasteiger partial charge in [0.15, 0.2) is 5.79 Å². The van der Waals surface area contributed by atoms with Crippen molar-refractivity contribution < 1.29 is 14.4 Å². The van der Waals surface area contributed by atoms with Gasteiger partial charge in [-0.3, -0.25) is 10.1 Å². The molecule has 0 amide bonds. The van der Waals surface area contributed by atoms with E-state index >= 15 is 0 Å². The SMILES string of the molecule is Cc1ccc([N+](=O)[O-])c(CC2CCC3(CC2)OCCO3)c1. The maximum absolute atomic E-state index is 11.1. The van der Waals surface area contributed by atoms with Gasteiger partial charge in [-0.1, -0.05) is 11.6 Å². The van der Waals surface area contributed by atoms with Gasteiger partial charge in [0.25, 0.3) is 5.69 Å². The zero-order valence-corrected chi connectivity index (χ0v) is 12.3. The summed E-state index contributed by atoms with van der Waals surface area (Å²) in [5.41, 5.74) is 2.17. The lowest BCUT2D eigenvalue weighted by atomic mass is 9.81. The summed E-state index contributed by atoms with van der Waals surface area (Å²) in [5, 5.41) is 11.1. The van der Waals surface area contributed by atoms with Crippen molar-refractivity contribution >= 4 is 5.69 Å². The number of aryl methyl sites for hydroxylation is 1. The quantitative estimate of drug-likeness (QED) is 0.632. The summed E-state index contributed by atoms with van der Waals surface area (Å²) in [7, 11) is 0. The molecular weight excluding hydrogens is 270 g/mol. The zero-order chi connectivity index (χ0) is 14.9. The van der Waals surface area contributed by atoms with Crippen LogP contribution in [0.4, 0.5) is 5.69 Å². The van der Waals surface area contributed by atoms with E-state index in [9.17, 15) is 10.1 Å². The summed E-state index contributed by atoms with van der Waals surface area (Å²) in [4.78, 5) is 10.9. The fraction of sp³-hybridized carbons (Fsp3) is 0.625. The Balaban J connectivity index is 1.68. The van der Waals surface area contributed by atoms with Gasteiger partial charge in [-0.25, -0.2) is 0 Å². The maximum atomic E-state index is 11.1. The van der Waals surface area contributed by atoms with E-state index in [1.54, 1.807) is 12.1 Å². The van der Waals surface area contributed by atoms with E-state index in [0.29, 0.717) is 19.1 Å². The van der Waals surface area contributed by atoms with Crippen LogP contribution in [0.15, 0.2) is 18.2 Å². The van der Waals surface area contributed by atoms with Crippen LogP contribution in [-0.4, -0.2) is 23.9 Å². The molecule has 5 heteroatoms. The first-order valence-corrected chi connectivity index (χ1v) is 7.60. The second-order valence-corrected chi connectivity index (χ2v) is 6.14. The third-order valence-electron chi connectivity index (χ3n) is 4.62. The van der Waals surface area contributed by atoms with Crippen LogP contribution in [0.3, 0.4) is 0 Å². The highest BCUT2D eigenvalue weighted by molar-refractivity contribution is 5.42. The molecular formula is C16H21NO4. The first-order valence-electron chi connectivity index (χ1n) is 7.60. The number of nitro benzene ring substituents is 1. The Kier molecular flexibility index (Phi) is 3.95. The van der Waals surface area contributed by atoms with E-state index in [4.69, 9.17) is 9.47 Å². The Morgan fingerprint density at radius 3 is 2.57 bits per heavy atom. The molecule has 114 valence electrons. The standard InChI is InChI=1S/C16H21NO4/c1-12-2-3-15(17(18)19)14(10-12)11-13-4-6-16(7-5-13)20-8-9-21-16/h2-3,10,13H,4-9,11H2,1H3. The topological polar surface area (TPSA) is 61.6 Å². The Hall–Kier alpha value is -1.46. The van der Waals surface area contributed by atoms with E-state index in [0.717, 1.165) is 43.2 Å². The average molecular weight is 291 g/mol. The molecule has 2 aliphatic rings. The van der Waals surface area contributed by atoms with E-state index in [-0.39, 0.29) is 16.4 Å². The van der Waals surface area contributed by atoms with Gasteiger partial charge in [0, 0.05) is 24.5 Å². The minimum absolute atomic E-state index is 0.245. The molecule has 1 aromatic carbocycles. The van der Waals surface area contributed by atoms with Gasteiger partial charge >= 0.3 is 0 Å². The van der Waals surface area contributed by atoms with Crippen molar-refractivity contribution in [3.63, 3.8) is 0 Å². The summed E-state index contributed by atoms with van der Waals surface area (Å²) >= 11 is 0. The second kappa shape index (κ2) is 5.73. The summed E-state index contributed by atoms with van der Waals surface area (Å²) in [6.07, 6.45) is 4.58. The Labute approximate surface area is 124 Å². The molecule has 2 fully saturated rings. The Bertz CT molecular complexity index is 527. The largest absolute Gasteiger partial charge is 0.348 e. The van der Waals surface area contributed by atoms with Crippen molar-refractivity contribution in [1.29, 1.82) is 0 Å². The molecule has 0 atom stereocenters. The van der Waals surface area contributed by atoms with Crippen LogP contribution in [0, 0.1) is 23.0 Å². The molecule has 0 aromatic heterocycles. The third kappa shape index (κ3) is 3.09. The van der Waals surface area contributed by atoms with Crippen LogP contribution in [0.5, 0.6) is 0 Å². The fourth-order valence-electron chi connectivity index (χ4n) is 3.47. The fourth-order valence-corrected chi connectivity index (χ4v) is 3.47. The van der Waals surface area contributed by atoms with E-state index in [1.807, 2.05) is 13.0 Å². The van der Waals surface area contributed by atoms with Gasteiger partial charge in [-0.2, -0.15) is 0 Å². The van der Waals surface area contributed by atoms with Gasteiger partial charge < -0.3 is 9.47 Å². The number of nitro groups is 1. The van der Waals surface area contributed by atoms with Crippen LogP contribution >= 0.6 is 0 Å². The van der Waals surface area contributed by atoms with Crippen molar-refractivity contribution in [2.75, 3.05) is 13.2 Å². The third-order valence-corrected chi connectivity index (χ3v) is 4.62. The number of nitrogens with zero attached hydrogens (tertiary/aromatic N) is 1. The number of ether oxygens (including phenoxy) is 2. The van der Waals surface area contributed by atoms with Crippen LogP contribution < -0.4 is 0 Å². The van der Waals surface area contributed by atoms with Crippen LogP contribution in [-0.2, 0) is 15.9 Å². The summed E-state index contributed by atoms with van der Waals surface area (Å²) in [5.74, 6) is 0.124. The molecule has 1 saturated heterocycles. The molecule has 0 N–H and O–H groups in total. The molecule has 0 radical (unpaired) electrons. The highest BCUT2D eigenvalue weighted by Crippen LogP contribution is 2.40. The zero-order valence-electron chi connectivity index (χ0n) is 12.3. The smallest absolute Gasteiger partial charge is 0.272 e. The molecule has 3 rings (SSSR count). The molecule has 1 saturated carbocycles. The summed E-state index contributed by atoms with van der Waals surface area (Å²) in [6, 6.07) is 5.38. The minimum Gasteiger partial charge on any atom is -0.348 e. The first kappa shape index (κ1) is 14.5. The molecule has 1 aliphatic carbocycles. The van der Waals surface area contributed by atoms with E-state index in [1.165, 1.54) is 0 Å². The van der Waals surface area contributed by atoms with Crippen molar-refractivity contribution in [3.05, 3.63) is 39.4 Å². The average Bonchev–Trinajstić information content (AvgIpc) is 2.90. The minimum atomic E-state index is -0.352. The van der Waals surface area contributed by atoms with Gasteiger partial charge in [-0.15, -0.1) is 0 Å². The first-order chi connectivity index (χ1) is 10.1.